The molecule has 1 saturated heterocycles. The van der Waals surface area contributed by atoms with Crippen LogP contribution in [0.1, 0.15) is 6.92 Å². The van der Waals surface area contributed by atoms with E-state index >= 15 is 0 Å². The molecule has 0 N–H and O–H groups in total. The summed E-state index contributed by atoms with van der Waals surface area (Å²) in [6.07, 6.45) is 3.70. The van der Waals surface area contributed by atoms with E-state index in [1.165, 1.54) is 0 Å². The molecule has 0 saturated carbocycles. The zero-order valence-corrected chi connectivity index (χ0v) is 9.63. The molecule has 0 aromatic heterocycles. The van der Waals surface area contributed by atoms with Gasteiger partial charge in [0.25, 0.3) is 0 Å². The molecule has 2 nitrogen and oxygen atoms in total. The highest BCUT2D eigenvalue weighted by Gasteiger charge is 2.51. The molecular formula is C8H8Br2O2. The number of alkyl halides is 2. The number of halogens is 2. The number of fused-ring (bicyclic) bond motifs is 2. The molecule has 0 spiro atoms. The number of hydrogen-bond acceptors (Lipinski definition) is 2. The van der Waals surface area contributed by atoms with E-state index < -0.39 is 4.32 Å². The number of ketones is 1. The van der Waals surface area contributed by atoms with Crippen molar-refractivity contribution in [2.75, 3.05) is 0 Å². The van der Waals surface area contributed by atoms with Gasteiger partial charge in [0.05, 0.1) is 12.2 Å². The van der Waals surface area contributed by atoms with Crippen LogP contribution in [0.2, 0.25) is 0 Å². The van der Waals surface area contributed by atoms with E-state index in [-0.39, 0.29) is 22.8 Å². The van der Waals surface area contributed by atoms with E-state index in [1.807, 2.05) is 19.1 Å². The summed E-state index contributed by atoms with van der Waals surface area (Å²) in [6, 6.07) is 0. The van der Waals surface area contributed by atoms with Crippen molar-refractivity contribution in [3.05, 3.63) is 12.2 Å². The SMILES string of the molecule is C[C@@]1(Br)C(=O)[C@H](Br)[C@@H]2C=C[C@H]1O2. The summed E-state index contributed by atoms with van der Waals surface area (Å²) in [5.41, 5.74) is 0. The van der Waals surface area contributed by atoms with Gasteiger partial charge in [0, 0.05) is 0 Å². The third-order valence-corrected chi connectivity index (χ3v) is 4.11. The molecule has 0 aromatic rings. The first-order chi connectivity index (χ1) is 5.53. The summed E-state index contributed by atoms with van der Waals surface area (Å²) in [4.78, 5) is 11.5. The Bertz CT molecular complexity index is 260. The highest BCUT2D eigenvalue weighted by Crippen LogP contribution is 2.40. The molecule has 12 heavy (non-hydrogen) atoms. The topological polar surface area (TPSA) is 26.3 Å². The van der Waals surface area contributed by atoms with Crippen LogP contribution in [0.4, 0.5) is 0 Å². The zero-order valence-electron chi connectivity index (χ0n) is 6.46. The standard InChI is InChI=1S/C8H8Br2O2/c1-8(10)5-3-2-4(12-5)6(9)7(8)11/h2-6H,1H3/t4-,5+,6+,8-/m0/s1. The highest BCUT2D eigenvalue weighted by atomic mass is 79.9. The Morgan fingerprint density at radius 1 is 1.58 bits per heavy atom. The second-order valence-electron chi connectivity index (χ2n) is 3.25. The van der Waals surface area contributed by atoms with Crippen LogP contribution in [-0.2, 0) is 9.53 Å². The number of hydrogen-bond donors (Lipinski definition) is 0. The lowest BCUT2D eigenvalue weighted by molar-refractivity contribution is -0.130. The quantitative estimate of drug-likeness (QED) is 0.503. The molecular weight excluding hydrogens is 288 g/mol. The molecule has 2 rings (SSSR count). The number of carbonyl (C=O) groups is 1. The molecule has 0 aromatic carbocycles. The highest BCUT2D eigenvalue weighted by molar-refractivity contribution is 9.11. The van der Waals surface area contributed by atoms with E-state index in [1.54, 1.807) is 0 Å². The maximum absolute atomic E-state index is 11.7. The van der Waals surface area contributed by atoms with Gasteiger partial charge in [-0.2, -0.15) is 0 Å². The van der Waals surface area contributed by atoms with E-state index in [2.05, 4.69) is 31.9 Å². The largest absolute Gasteiger partial charge is 0.363 e. The Kier molecular flexibility index (Phi) is 1.97. The molecule has 2 aliphatic heterocycles. The lowest BCUT2D eigenvalue weighted by Gasteiger charge is -2.35. The van der Waals surface area contributed by atoms with E-state index in [0.29, 0.717) is 0 Å². The third-order valence-electron chi connectivity index (χ3n) is 2.33. The van der Waals surface area contributed by atoms with Crippen LogP contribution in [0.5, 0.6) is 0 Å². The summed E-state index contributed by atoms with van der Waals surface area (Å²) < 4.78 is 5.00. The van der Waals surface area contributed by atoms with Gasteiger partial charge in [-0.1, -0.05) is 44.0 Å². The average Bonchev–Trinajstić information content (AvgIpc) is 2.46. The summed E-state index contributed by atoms with van der Waals surface area (Å²) >= 11 is 6.72. The molecule has 4 heteroatoms. The van der Waals surface area contributed by atoms with Crippen LogP contribution in [0.3, 0.4) is 0 Å². The van der Waals surface area contributed by atoms with Gasteiger partial charge in [-0.15, -0.1) is 0 Å². The van der Waals surface area contributed by atoms with Crippen LogP contribution in [-0.4, -0.2) is 27.1 Å². The van der Waals surface area contributed by atoms with Crippen LogP contribution >= 0.6 is 31.9 Å². The summed E-state index contributed by atoms with van der Waals surface area (Å²) in [5.74, 6) is 0.161. The smallest absolute Gasteiger partial charge is 0.168 e. The van der Waals surface area contributed by atoms with E-state index in [4.69, 9.17) is 4.74 Å². The lowest BCUT2D eigenvalue weighted by atomic mass is 9.95. The van der Waals surface area contributed by atoms with Crippen LogP contribution in [0.25, 0.3) is 0 Å². The van der Waals surface area contributed by atoms with Crippen LogP contribution in [0.15, 0.2) is 12.2 Å². The summed E-state index contributed by atoms with van der Waals surface area (Å²) in [5, 5.41) is 0. The Balaban J connectivity index is 2.38. The van der Waals surface area contributed by atoms with Gasteiger partial charge in [-0.3, -0.25) is 4.79 Å². The number of rotatable bonds is 0. The third kappa shape index (κ3) is 1.05. The Labute approximate surface area is 87.6 Å². The fourth-order valence-electron chi connectivity index (χ4n) is 1.50. The predicted molar refractivity (Wildman–Crippen MR) is 52.9 cm³/mol. The molecule has 4 atom stereocenters. The minimum atomic E-state index is -0.565. The number of carbonyl (C=O) groups excluding carboxylic acids is 1. The van der Waals surface area contributed by atoms with Crippen LogP contribution < -0.4 is 0 Å². The van der Waals surface area contributed by atoms with Gasteiger partial charge in [0.2, 0.25) is 0 Å². The minimum Gasteiger partial charge on any atom is -0.363 e. The molecule has 66 valence electrons. The van der Waals surface area contributed by atoms with Crippen molar-refractivity contribution in [2.24, 2.45) is 0 Å². The zero-order chi connectivity index (χ0) is 8.93. The Morgan fingerprint density at radius 3 is 2.92 bits per heavy atom. The van der Waals surface area contributed by atoms with Crippen molar-refractivity contribution in [3.63, 3.8) is 0 Å². The normalized spacial score (nSPS) is 51.6. The van der Waals surface area contributed by atoms with Crippen molar-refractivity contribution in [1.29, 1.82) is 0 Å². The molecule has 0 aliphatic carbocycles. The molecule has 2 aliphatic rings. The van der Waals surface area contributed by atoms with E-state index in [0.717, 1.165) is 0 Å². The maximum atomic E-state index is 11.7. The molecule has 2 bridgehead atoms. The first-order valence-corrected chi connectivity index (χ1v) is 5.45. The molecule has 0 unspecified atom stereocenters. The summed E-state index contributed by atoms with van der Waals surface area (Å²) in [7, 11) is 0. The maximum Gasteiger partial charge on any atom is 0.168 e. The average molecular weight is 296 g/mol. The van der Waals surface area contributed by atoms with Crippen molar-refractivity contribution in [2.45, 2.75) is 28.3 Å². The molecule has 0 radical (unpaired) electrons. The second kappa shape index (κ2) is 2.66. The molecule has 2 heterocycles. The van der Waals surface area contributed by atoms with E-state index in [9.17, 15) is 4.79 Å². The van der Waals surface area contributed by atoms with Crippen molar-refractivity contribution < 1.29 is 9.53 Å². The minimum absolute atomic E-state index is 0.0758. The van der Waals surface area contributed by atoms with Gasteiger partial charge >= 0.3 is 0 Å². The lowest BCUT2D eigenvalue weighted by Crippen LogP contribution is -2.52. The molecule has 0 amide bonds. The Hall–Kier alpha value is 0.330. The first kappa shape index (κ1) is 8.91. The number of Topliss-reactive ketones (excluding diaryl/α,β-unsaturated/α-hetero) is 1. The summed E-state index contributed by atoms with van der Waals surface area (Å²) in [6.45, 7) is 1.85. The van der Waals surface area contributed by atoms with Crippen molar-refractivity contribution in [3.8, 4) is 0 Å². The van der Waals surface area contributed by atoms with Gasteiger partial charge < -0.3 is 4.74 Å². The van der Waals surface area contributed by atoms with Gasteiger partial charge in [-0.05, 0) is 6.92 Å². The van der Waals surface area contributed by atoms with Gasteiger partial charge in [0.15, 0.2) is 5.78 Å². The second-order valence-corrected chi connectivity index (χ2v) is 5.88. The van der Waals surface area contributed by atoms with Crippen molar-refractivity contribution >= 4 is 37.6 Å². The van der Waals surface area contributed by atoms with Crippen LogP contribution in [0, 0.1) is 0 Å². The molecule has 1 fully saturated rings. The van der Waals surface area contributed by atoms with Gasteiger partial charge in [0.1, 0.15) is 9.15 Å². The fourth-order valence-corrected chi connectivity index (χ4v) is 3.10. The monoisotopic (exact) mass is 294 g/mol. The Morgan fingerprint density at radius 2 is 2.25 bits per heavy atom. The number of ether oxygens (including phenoxy) is 1. The van der Waals surface area contributed by atoms with Gasteiger partial charge in [-0.25, -0.2) is 0 Å². The van der Waals surface area contributed by atoms with Crippen molar-refractivity contribution in [1.82, 2.24) is 0 Å². The predicted octanol–water partition coefficient (Wildman–Crippen LogP) is 1.81. The first-order valence-electron chi connectivity index (χ1n) is 3.74. The fraction of sp³-hybridized carbons (Fsp3) is 0.625.